The van der Waals surface area contributed by atoms with E-state index in [9.17, 15) is 0 Å². The molecule has 2 bridgehead atoms. The number of rotatable bonds is 2. The Morgan fingerprint density at radius 3 is 1.55 bits per heavy atom. The standard InChI is InChI=1S/C16H34N4/c1-3-15-5-9-19-12-8-18-16(4-2)6-10-20(14-13-19)11-7-17-15/h15-18H,3-14H2,1-2H3. The van der Waals surface area contributed by atoms with Gasteiger partial charge >= 0.3 is 0 Å². The summed E-state index contributed by atoms with van der Waals surface area (Å²) in [5.41, 5.74) is 0. The van der Waals surface area contributed by atoms with Gasteiger partial charge in [0.1, 0.15) is 0 Å². The minimum Gasteiger partial charge on any atom is -0.313 e. The average Bonchev–Trinajstić information content (AvgIpc) is 2.49. The molecule has 20 heavy (non-hydrogen) atoms. The molecule has 2 fully saturated rings. The van der Waals surface area contributed by atoms with Crippen molar-refractivity contribution in [3.63, 3.8) is 0 Å². The van der Waals surface area contributed by atoms with Crippen LogP contribution in [0.4, 0.5) is 0 Å². The second-order valence-electron chi connectivity index (χ2n) is 6.38. The fraction of sp³-hybridized carbons (Fsp3) is 1.00. The average molecular weight is 282 g/mol. The van der Waals surface area contributed by atoms with Gasteiger partial charge in [0, 0.05) is 51.4 Å². The summed E-state index contributed by atoms with van der Waals surface area (Å²) >= 11 is 0. The zero-order chi connectivity index (χ0) is 14.2. The summed E-state index contributed by atoms with van der Waals surface area (Å²) in [6, 6.07) is 1.41. The Kier molecular flexibility index (Phi) is 7.28. The van der Waals surface area contributed by atoms with E-state index in [4.69, 9.17) is 0 Å². The van der Waals surface area contributed by atoms with E-state index in [1.165, 1.54) is 65.0 Å². The summed E-state index contributed by atoms with van der Waals surface area (Å²) in [5.74, 6) is 0. The Balaban J connectivity index is 1.95. The predicted molar refractivity (Wildman–Crippen MR) is 86.3 cm³/mol. The molecule has 2 aliphatic rings. The van der Waals surface area contributed by atoms with Gasteiger partial charge in [-0.15, -0.1) is 0 Å². The van der Waals surface area contributed by atoms with Gasteiger partial charge in [-0.3, -0.25) is 0 Å². The largest absolute Gasteiger partial charge is 0.313 e. The summed E-state index contributed by atoms with van der Waals surface area (Å²) in [4.78, 5) is 5.32. The van der Waals surface area contributed by atoms with Crippen molar-refractivity contribution in [2.75, 3.05) is 52.4 Å². The van der Waals surface area contributed by atoms with E-state index >= 15 is 0 Å². The molecule has 2 rings (SSSR count). The van der Waals surface area contributed by atoms with Crippen LogP contribution in [-0.2, 0) is 0 Å². The summed E-state index contributed by atoms with van der Waals surface area (Å²) in [6.07, 6.45) is 5.11. The third-order valence-corrected chi connectivity index (χ3v) is 5.03. The Labute approximate surface area is 125 Å². The van der Waals surface area contributed by atoms with Gasteiger partial charge in [0.2, 0.25) is 0 Å². The third-order valence-electron chi connectivity index (χ3n) is 5.03. The van der Waals surface area contributed by atoms with E-state index in [0.29, 0.717) is 12.1 Å². The topological polar surface area (TPSA) is 30.5 Å². The summed E-state index contributed by atoms with van der Waals surface area (Å²) in [7, 11) is 0. The lowest BCUT2D eigenvalue weighted by Crippen LogP contribution is -2.48. The molecule has 4 nitrogen and oxygen atoms in total. The zero-order valence-electron chi connectivity index (χ0n) is 13.5. The minimum atomic E-state index is 0.705. The summed E-state index contributed by atoms with van der Waals surface area (Å²) < 4.78 is 0. The Hall–Kier alpha value is -0.160. The van der Waals surface area contributed by atoms with Crippen molar-refractivity contribution in [1.29, 1.82) is 0 Å². The third kappa shape index (κ3) is 5.32. The maximum atomic E-state index is 3.75. The normalized spacial score (nSPS) is 37.5. The minimum absolute atomic E-state index is 0.705. The fourth-order valence-corrected chi connectivity index (χ4v) is 3.39. The maximum absolute atomic E-state index is 3.75. The molecule has 118 valence electrons. The number of nitrogens with one attached hydrogen (secondary N) is 2. The molecule has 2 aliphatic heterocycles. The van der Waals surface area contributed by atoms with Crippen LogP contribution in [0.1, 0.15) is 39.5 Å². The zero-order valence-corrected chi connectivity index (χ0v) is 13.5. The molecule has 0 aromatic rings. The first-order valence-electron chi connectivity index (χ1n) is 8.73. The SMILES string of the molecule is CCC1CCN2CCNC(CC)CCN(CCN1)CC2. The van der Waals surface area contributed by atoms with Crippen molar-refractivity contribution in [3.05, 3.63) is 0 Å². The summed E-state index contributed by atoms with van der Waals surface area (Å²) in [5, 5.41) is 7.50. The van der Waals surface area contributed by atoms with E-state index in [-0.39, 0.29) is 0 Å². The first-order valence-corrected chi connectivity index (χ1v) is 8.73. The number of fused-ring (bicyclic) bond motifs is 3. The van der Waals surface area contributed by atoms with Crippen molar-refractivity contribution in [2.45, 2.75) is 51.6 Å². The fourth-order valence-electron chi connectivity index (χ4n) is 3.39. The van der Waals surface area contributed by atoms with Crippen LogP contribution in [0.3, 0.4) is 0 Å². The van der Waals surface area contributed by atoms with Crippen LogP contribution in [-0.4, -0.2) is 74.2 Å². The molecule has 4 unspecified atom stereocenters. The first kappa shape index (κ1) is 16.2. The van der Waals surface area contributed by atoms with Gasteiger partial charge < -0.3 is 20.4 Å². The van der Waals surface area contributed by atoms with E-state index in [2.05, 4.69) is 34.3 Å². The monoisotopic (exact) mass is 282 g/mol. The van der Waals surface area contributed by atoms with Crippen LogP contribution in [0.2, 0.25) is 0 Å². The van der Waals surface area contributed by atoms with Gasteiger partial charge in [0.15, 0.2) is 0 Å². The quantitative estimate of drug-likeness (QED) is 0.795. The highest BCUT2D eigenvalue weighted by molar-refractivity contribution is 4.77. The van der Waals surface area contributed by atoms with E-state index in [1.807, 2.05) is 0 Å². The molecule has 0 aromatic carbocycles. The lowest BCUT2D eigenvalue weighted by atomic mass is 10.1. The van der Waals surface area contributed by atoms with Crippen LogP contribution >= 0.6 is 0 Å². The molecule has 0 saturated carbocycles. The van der Waals surface area contributed by atoms with Gasteiger partial charge in [-0.1, -0.05) is 13.8 Å². The van der Waals surface area contributed by atoms with Crippen LogP contribution in [0.25, 0.3) is 0 Å². The molecular weight excluding hydrogens is 248 g/mol. The Bertz CT molecular complexity index is 229. The van der Waals surface area contributed by atoms with E-state index < -0.39 is 0 Å². The maximum Gasteiger partial charge on any atom is 0.0110 e. The molecule has 2 heterocycles. The number of hydrogen-bond acceptors (Lipinski definition) is 4. The van der Waals surface area contributed by atoms with Gasteiger partial charge in [-0.25, -0.2) is 0 Å². The smallest absolute Gasteiger partial charge is 0.0110 e. The van der Waals surface area contributed by atoms with E-state index in [0.717, 1.165) is 13.1 Å². The van der Waals surface area contributed by atoms with Crippen molar-refractivity contribution >= 4 is 0 Å². The highest BCUT2D eigenvalue weighted by Gasteiger charge is 2.18. The summed E-state index contributed by atoms with van der Waals surface area (Å²) in [6.45, 7) is 14.3. The predicted octanol–water partition coefficient (Wildman–Crippen LogP) is 1.13. The Morgan fingerprint density at radius 2 is 1.15 bits per heavy atom. The Morgan fingerprint density at radius 1 is 0.700 bits per heavy atom. The second-order valence-corrected chi connectivity index (χ2v) is 6.38. The molecular formula is C16H34N4. The molecule has 0 amide bonds. The lowest BCUT2D eigenvalue weighted by molar-refractivity contribution is 0.165. The molecule has 4 atom stereocenters. The second kappa shape index (κ2) is 8.98. The van der Waals surface area contributed by atoms with Crippen molar-refractivity contribution < 1.29 is 0 Å². The van der Waals surface area contributed by atoms with Crippen molar-refractivity contribution in [1.82, 2.24) is 20.4 Å². The highest BCUT2D eigenvalue weighted by atomic mass is 15.2. The van der Waals surface area contributed by atoms with Crippen LogP contribution in [0.5, 0.6) is 0 Å². The molecule has 0 radical (unpaired) electrons. The van der Waals surface area contributed by atoms with Crippen LogP contribution in [0.15, 0.2) is 0 Å². The molecule has 0 spiro atoms. The van der Waals surface area contributed by atoms with E-state index in [1.54, 1.807) is 0 Å². The van der Waals surface area contributed by atoms with Crippen molar-refractivity contribution in [3.8, 4) is 0 Å². The van der Waals surface area contributed by atoms with Gasteiger partial charge in [-0.05, 0) is 38.8 Å². The lowest BCUT2D eigenvalue weighted by Gasteiger charge is -2.34. The molecule has 2 saturated heterocycles. The molecule has 2 N–H and O–H groups in total. The molecule has 0 aromatic heterocycles. The van der Waals surface area contributed by atoms with Gasteiger partial charge in [-0.2, -0.15) is 0 Å². The number of nitrogens with zero attached hydrogens (tertiary/aromatic N) is 2. The highest BCUT2D eigenvalue weighted by Crippen LogP contribution is 2.07. The molecule has 4 heteroatoms. The molecule has 0 aliphatic carbocycles. The van der Waals surface area contributed by atoms with Crippen molar-refractivity contribution in [2.24, 2.45) is 0 Å². The number of hydrogen-bond donors (Lipinski definition) is 2. The van der Waals surface area contributed by atoms with Gasteiger partial charge in [0.05, 0.1) is 0 Å². The van der Waals surface area contributed by atoms with Crippen LogP contribution < -0.4 is 10.6 Å². The van der Waals surface area contributed by atoms with Gasteiger partial charge in [0.25, 0.3) is 0 Å². The van der Waals surface area contributed by atoms with Crippen LogP contribution in [0, 0.1) is 0 Å². The first-order chi connectivity index (χ1) is 9.81.